The summed E-state index contributed by atoms with van der Waals surface area (Å²) < 4.78 is 2.79. The molecule has 74 valence electrons. The fourth-order valence-corrected chi connectivity index (χ4v) is 4.48. The summed E-state index contributed by atoms with van der Waals surface area (Å²) in [4.78, 5) is 0. The first-order valence-corrected chi connectivity index (χ1v) is 6.60. The number of hydrogen-bond acceptors (Lipinski definition) is 3. The highest BCUT2D eigenvalue weighted by Crippen LogP contribution is 2.39. The van der Waals surface area contributed by atoms with Crippen LogP contribution in [0.3, 0.4) is 0 Å². The molecule has 0 aliphatic heterocycles. The minimum absolute atomic E-state index is 0.249. The second-order valence-corrected chi connectivity index (χ2v) is 7.93. The molecule has 0 saturated carbocycles. The summed E-state index contributed by atoms with van der Waals surface area (Å²) in [5.74, 6) is 0. The Morgan fingerprint density at radius 3 is 2.69 bits per heavy atom. The predicted molar refractivity (Wildman–Crippen MR) is 65.6 cm³/mol. The second-order valence-electron chi connectivity index (χ2n) is 3.46. The number of halogens is 1. The number of thioether (sulfide) groups is 1. The highest BCUT2D eigenvalue weighted by molar-refractivity contribution is 9.11. The van der Waals surface area contributed by atoms with Crippen molar-refractivity contribution in [1.29, 1.82) is 0 Å². The Morgan fingerprint density at radius 1 is 1.54 bits per heavy atom. The maximum atomic E-state index is 5.55. The summed E-state index contributed by atoms with van der Waals surface area (Å²) in [5, 5.41) is 0. The van der Waals surface area contributed by atoms with Crippen molar-refractivity contribution >= 4 is 39.0 Å². The molecule has 0 fully saturated rings. The van der Waals surface area contributed by atoms with Gasteiger partial charge in [0.25, 0.3) is 0 Å². The molecule has 0 bridgehead atoms. The smallest absolute Gasteiger partial charge is 0.0710 e. The Kier molecular flexibility index (Phi) is 4.29. The molecule has 1 aromatic rings. The largest absolute Gasteiger partial charge is 0.330 e. The van der Waals surface area contributed by atoms with Crippen LogP contribution in [0.5, 0.6) is 0 Å². The molecule has 2 N–H and O–H groups in total. The van der Waals surface area contributed by atoms with E-state index in [2.05, 4.69) is 41.9 Å². The van der Waals surface area contributed by atoms with Crippen molar-refractivity contribution in [3.63, 3.8) is 0 Å². The van der Waals surface area contributed by atoms with E-state index in [-0.39, 0.29) is 4.75 Å². The normalized spacial score (nSPS) is 12.0. The van der Waals surface area contributed by atoms with Crippen LogP contribution in [0.25, 0.3) is 0 Å². The molecule has 1 aromatic heterocycles. The molecule has 0 saturated heterocycles. The maximum Gasteiger partial charge on any atom is 0.0710 e. The van der Waals surface area contributed by atoms with Crippen molar-refractivity contribution in [3.8, 4) is 0 Å². The third-order valence-electron chi connectivity index (χ3n) is 1.67. The molecule has 1 rings (SSSR count). The van der Waals surface area contributed by atoms with Crippen LogP contribution >= 0.6 is 39.0 Å². The topological polar surface area (TPSA) is 26.0 Å². The van der Waals surface area contributed by atoms with Gasteiger partial charge in [0.2, 0.25) is 0 Å². The lowest BCUT2D eigenvalue weighted by molar-refractivity contribution is 0.650. The van der Waals surface area contributed by atoms with Gasteiger partial charge in [0, 0.05) is 4.75 Å². The fraction of sp³-hybridized carbons (Fsp3) is 0.556. The van der Waals surface area contributed by atoms with Gasteiger partial charge in [-0.3, -0.25) is 0 Å². The van der Waals surface area contributed by atoms with Crippen molar-refractivity contribution in [2.24, 2.45) is 5.73 Å². The zero-order valence-electron chi connectivity index (χ0n) is 7.84. The second kappa shape index (κ2) is 4.82. The van der Waals surface area contributed by atoms with E-state index < -0.39 is 0 Å². The molecule has 0 unspecified atom stereocenters. The van der Waals surface area contributed by atoms with Crippen molar-refractivity contribution < 1.29 is 0 Å². The van der Waals surface area contributed by atoms with Crippen molar-refractivity contribution in [2.45, 2.75) is 29.2 Å². The minimum atomic E-state index is 0.249. The van der Waals surface area contributed by atoms with Gasteiger partial charge < -0.3 is 5.73 Å². The minimum Gasteiger partial charge on any atom is -0.330 e. The Morgan fingerprint density at radius 2 is 2.23 bits per heavy atom. The van der Waals surface area contributed by atoms with Crippen molar-refractivity contribution in [2.75, 3.05) is 6.54 Å². The molecule has 0 spiro atoms. The van der Waals surface area contributed by atoms with E-state index in [0.717, 1.165) is 13.0 Å². The maximum absolute atomic E-state index is 5.55. The number of thiophene rings is 1. The van der Waals surface area contributed by atoms with E-state index in [0.29, 0.717) is 0 Å². The third kappa shape index (κ3) is 4.02. The van der Waals surface area contributed by atoms with Gasteiger partial charge in [-0.15, -0.1) is 23.1 Å². The first-order valence-electron chi connectivity index (χ1n) is 4.18. The van der Waals surface area contributed by atoms with Gasteiger partial charge in [-0.25, -0.2) is 0 Å². The highest BCUT2D eigenvalue weighted by Gasteiger charge is 2.18. The number of nitrogens with two attached hydrogens (primary N) is 1. The lowest BCUT2D eigenvalue weighted by atomic mass is 10.1. The van der Waals surface area contributed by atoms with E-state index in [9.17, 15) is 0 Å². The molecule has 0 atom stereocenters. The van der Waals surface area contributed by atoms with Gasteiger partial charge >= 0.3 is 0 Å². The van der Waals surface area contributed by atoms with Crippen LogP contribution < -0.4 is 5.73 Å². The zero-order chi connectivity index (χ0) is 9.90. The Hall–Kier alpha value is 0.490. The van der Waals surface area contributed by atoms with Gasteiger partial charge in [0.1, 0.15) is 0 Å². The lowest BCUT2D eigenvalue weighted by Gasteiger charge is -2.21. The fourth-order valence-electron chi connectivity index (χ4n) is 1.02. The number of hydrogen-bond donors (Lipinski definition) is 1. The Labute approximate surface area is 96.2 Å². The van der Waals surface area contributed by atoms with Gasteiger partial charge in [-0.1, -0.05) is 13.8 Å². The molecule has 13 heavy (non-hydrogen) atoms. The average Bonchev–Trinajstić information content (AvgIpc) is 2.34. The molecule has 1 heterocycles. The molecule has 0 aliphatic carbocycles. The molecular weight excluding hydrogens is 266 g/mol. The summed E-state index contributed by atoms with van der Waals surface area (Å²) >= 11 is 7.14. The van der Waals surface area contributed by atoms with Crippen molar-refractivity contribution in [3.05, 3.63) is 15.9 Å². The van der Waals surface area contributed by atoms with Crippen LogP contribution in [0.15, 0.2) is 20.1 Å². The lowest BCUT2D eigenvalue weighted by Crippen LogP contribution is -2.19. The number of rotatable bonds is 4. The van der Waals surface area contributed by atoms with Crippen LogP contribution in [0.2, 0.25) is 0 Å². The average molecular weight is 280 g/mol. The molecule has 4 heteroatoms. The van der Waals surface area contributed by atoms with Crippen LogP contribution in [-0.2, 0) is 0 Å². The van der Waals surface area contributed by atoms with Crippen LogP contribution in [0.4, 0.5) is 0 Å². The zero-order valence-corrected chi connectivity index (χ0v) is 11.1. The summed E-state index contributed by atoms with van der Waals surface area (Å²) in [5.41, 5.74) is 5.55. The Bertz CT molecular complexity index is 270. The quantitative estimate of drug-likeness (QED) is 0.850. The van der Waals surface area contributed by atoms with E-state index in [1.165, 1.54) is 8.00 Å². The van der Waals surface area contributed by atoms with E-state index >= 15 is 0 Å². The standard InChI is InChI=1S/C9H14BrNS2/c1-9(2,5-6-11)13-8-4-3-7(10)12-8/h3-4H,5-6,11H2,1-2H3. The highest BCUT2D eigenvalue weighted by atomic mass is 79.9. The Balaban J connectivity index is 2.57. The van der Waals surface area contributed by atoms with Crippen LogP contribution in [0, 0.1) is 0 Å². The summed E-state index contributed by atoms with van der Waals surface area (Å²) in [6.45, 7) is 5.23. The molecule has 0 amide bonds. The molecule has 0 radical (unpaired) electrons. The van der Waals surface area contributed by atoms with Gasteiger partial charge in [0.15, 0.2) is 0 Å². The van der Waals surface area contributed by atoms with Gasteiger partial charge in [0.05, 0.1) is 8.00 Å². The summed E-state index contributed by atoms with van der Waals surface area (Å²) in [6.07, 6.45) is 1.05. The van der Waals surface area contributed by atoms with Gasteiger partial charge in [-0.05, 0) is 41.0 Å². The molecule has 0 aromatic carbocycles. The van der Waals surface area contributed by atoms with Gasteiger partial charge in [-0.2, -0.15) is 0 Å². The SMILES string of the molecule is CC(C)(CCN)Sc1ccc(Br)s1. The predicted octanol–water partition coefficient (Wildman–Crippen LogP) is 3.73. The molecular formula is C9H14BrNS2. The van der Waals surface area contributed by atoms with E-state index in [1.807, 2.05) is 11.8 Å². The summed E-state index contributed by atoms with van der Waals surface area (Å²) in [6, 6.07) is 4.24. The van der Waals surface area contributed by atoms with E-state index in [4.69, 9.17) is 5.73 Å². The first-order chi connectivity index (χ1) is 6.03. The third-order valence-corrected chi connectivity index (χ3v) is 4.68. The van der Waals surface area contributed by atoms with Crippen LogP contribution in [0.1, 0.15) is 20.3 Å². The van der Waals surface area contributed by atoms with E-state index in [1.54, 1.807) is 11.3 Å². The monoisotopic (exact) mass is 279 g/mol. The first kappa shape index (κ1) is 11.6. The molecule has 0 aliphatic rings. The summed E-state index contributed by atoms with van der Waals surface area (Å²) in [7, 11) is 0. The molecule has 1 nitrogen and oxygen atoms in total. The van der Waals surface area contributed by atoms with Crippen molar-refractivity contribution in [1.82, 2.24) is 0 Å². The van der Waals surface area contributed by atoms with Crippen LogP contribution in [-0.4, -0.2) is 11.3 Å².